The number of hydrogen-bond acceptors (Lipinski definition) is 5. The number of tetrazole rings is 1. The first-order valence-electron chi connectivity index (χ1n) is 4.34. The van der Waals surface area contributed by atoms with Gasteiger partial charge in [0.1, 0.15) is 0 Å². The van der Waals surface area contributed by atoms with Gasteiger partial charge < -0.3 is 0 Å². The van der Waals surface area contributed by atoms with Crippen molar-refractivity contribution in [2.75, 3.05) is 6.26 Å². The van der Waals surface area contributed by atoms with Gasteiger partial charge in [0, 0.05) is 6.26 Å². The van der Waals surface area contributed by atoms with Crippen molar-refractivity contribution in [1.29, 1.82) is 5.26 Å². The average Bonchev–Trinajstić information content (AvgIpc) is 2.78. The third kappa shape index (κ3) is 1.83. The number of rotatable bonds is 2. The Morgan fingerprint density at radius 2 is 2.31 bits per heavy atom. The van der Waals surface area contributed by atoms with Crippen molar-refractivity contribution in [2.45, 2.75) is 5.16 Å². The molecule has 16 heavy (non-hydrogen) atoms. The quantitative estimate of drug-likeness (QED) is 0.743. The molecular formula is C9H7N5OS. The fourth-order valence-corrected chi connectivity index (χ4v) is 1.76. The molecule has 0 aliphatic carbocycles. The molecule has 1 aromatic carbocycles. The Morgan fingerprint density at radius 3 is 3.00 bits per heavy atom. The molecule has 7 heteroatoms. The Kier molecular flexibility index (Phi) is 2.74. The molecule has 0 fully saturated rings. The molecule has 0 amide bonds. The Bertz CT molecular complexity index is 586. The largest absolute Gasteiger partial charge is 0.251 e. The highest BCUT2D eigenvalue weighted by atomic mass is 32.2. The van der Waals surface area contributed by atoms with Crippen LogP contribution < -0.4 is 0 Å². The van der Waals surface area contributed by atoms with Gasteiger partial charge in [0.25, 0.3) is 0 Å². The Morgan fingerprint density at radius 1 is 1.50 bits per heavy atom. The van der Waals surface area contributed by atoms with Gasteiger partial charge in [-0.25, -0.2) is 0 Å². The van der Waals surface area contributed by atoms with Crippen molar-refractivity contribution in [3.05, 3.63) is 29.8 Å². The summed E-state index contributed by atoms with van der Waals surface area (Å²) < 4.78 is 12.7. The summed E-state index contributed by atoms with van der Waals surface area (Å²) in [5.74, 6) is 0. The molecule has 0 bridgehead atoms. The highest BCUT2D eigenvalue weighted by molar-refractivity contribution is 7.84. The van der Waals surface area contributed by atoms with Gasteiger partial charge in [-0.15, -0.1) is 0 Å². The predicted molar refractivity (Wildman–Crippen MR) is 56.2 cm³/mol. The highest BCUT2D eigenvalue weighted by Crippen LogP contribution is 2.11. The molecule has 0 N–H and O–H groups in total. The normalized spacial score (nSPS) is 12.0. The summed E-state index contributed by atoms with van der Waals surface area (Å²) in [6, 6.07) is 8.79. The molecular weight excluding hydrogens is 226 g/mol. The average molecular weight is 233 g/mol. The summed E-state index contributed by atoms with van der Waals surface area (Å²) in [6.45, 7) is 0. The topological polar surface area (TPSA) is 84.5 Å². The molecule has 6 nitrogen and oxygen atoms in total. The van der Waals surface area contributed by atoms with Crippen molar-refractivity contribution in [2.24, 2.45) is 0 Å². The predicted octanol–water partition coefficient (Wildman–Crippen LogP) is 0.271. The van der Waals surface area contributed by atoms with Crippen LogP contribution in [0.5, 0.6) is 0 Å². The second-order valence-electron chi connectivity index (χ2n) is 2.99. The molecule has 1 heterocycles. The van der Waals surface area contributed by atoms with Gasteiger partial charge in [0.15, 0.2) is 0 Å². The third-order valence-electron chi connectivity index (χ3n) is 1.92. The zero-order valence-corrected chi connectivity index (χ0v) is 9.18. The van der Waals surface area contributed by atoms with Crippen LogP contribution in [0.25, 0.3) is 5.69 Å². The lowest BCUT2D eigenvalue weighted by molar-refractivity contribution is 0.670. The molecule has 0 spiro atoms. The summed E-state index contributed by atoms with van der Waals surface area (Å²) in [7, 11) is -1.27. The Labute approximate surface area is 94.0 Å². The maximum atomic E-state index is 11.3. The van der Waals surface area contributed by atoms with Crippen LogP contribution in [0.2, 0.25) is 0 Å². The summed E-state index contributed by atoms with van der Waals surface area (Å²) in [5, 5.41) is 19.9. The second-order valence-corrected chi connectivity index (χ2v) is 4.26. The van der Waals surface area contributed by atoms with E-state index < -0.39 is 10.8 Å². The smallest absolute Gasteiger partial charge is 0.244 e. The van der Waals surface area contributed by atoms with E-state index in [4.69, 9.17) is 5.26 Å². The van der Waals surface area contributed by atoms with E-state index >= 15 is 0 Å². The van der Waals surface area contributed by atoms with Gasteiger partial charge in [0.2, 0.25) is 5.16 Å². The highest BCUT2D eigenvalue weighted by Gasteiger charge is 2.11. The maximum Gasteiger partial charge on any atom is 0.244 e. The second kappa shape index (κ2) is 4.20. The first-order chi connectivity index (χ1) is 7.72. The number of aromatic nitrogens is 4. The number of hydrogen-bond donors (Lipinski definition) is 0. The molecule has 80 valence electrons. The van der Waals surface area contributed by atoms with E-state index in [2.05, 4.69) is 15.5 Å². The number of benzene rings is 1. The zero-order chi connectivity index (χ0) is 11.5. The zero-order valence-electron chi connectivity index (χ0n) is 8.36. The van der Waals surface area contributed by atoms with Gasteiger partial charge in [-0.3, -0.25) is 4.21 Å². The third-order valence-corrected chi connectivity index (χ3v) is 2.69. The SMILES string of the molecule is CS(=O)c1nnnn1-c1cccc(C#N)c1. The fraction of sp³-hybridized carbons (Fsp3) is 0.111. The van der Waals surface area contributed by atoms with E-state index in [0.29, 0.717) is 11.3 Å². The van der Waals surface area contributed by atoms with E-state index in [1.165, 1.54) is 10.9 Å². The molecule has 0 saturated heterocycles. The summed E-state index contributed by atoms with van der Waals surface area (Å²) in [4.78, 5) is 0. The van der Waals surface area contributed by atoms with E-state index in [0.717, 1.165) is 0 Å². The molecule has 1 unspecified atom stereocenters. The lowest BCUT2D eigenvalue weighted by Crippen LogP contribution is -2.04. The van der Waals surface area contributed by atoms with Gasteiger partial charge in [-0.05, 0) is 28.6 Å². The van der Waals surface area contributed by atoms with Crippen molar-refractivity contribution in [3.8, 4) is 11.8 Å². The lowest BCUT2D eigenvalue weighted by atomic mass is 10.2. The van der Waals surface area contributed by atoms with E-state index in [1.54, 1.807) is 24.3 Å². The van der Waals surface area contributed by atoms with Crippen LogP contribution in [0.15, 0.2) is 29.4 Å². The minimum Gasteiger partial charge on any atom is -0.251 e. The Hall–Kier alpha value is -2.07. The fourth-order valence-electron chi connectivity index (χ4n) is 1.23. The van der Waals surface area contributed by atoms with Crippen LogP contribution in [0.4, 0.5) is 0 Å². The first-order valence-corrected chi connectivity index (χ1v) is 5.90. The number of nitriles is 1. The lowest BCUT2D eigenvalue weighted by Gasteiger charge is -2.01. The summed E-state index contributed by atoms with van der Waals surface area (Å²) in [6.07, 6.45) is 1.50. The molecule has 0 radical (unpaired) electrons. The maximum absolute atomic E-state index is 11.3. The van der Waals surface area contributed by atoms with Crippen LogP contribution in [-0.2, 0) is 10.8 Å². The van der Waals surface area contributed by atoms with Crippen LogP contribution in [0.3, 0.4) is 0 Å². The van der Waals surface area contributed by atoms with Gasteiger partial charge in [0.05, 0.1) is 28.1 Å². The monoisotopic (exact) mass is 233 g/mol. The van der Waals surface area contributed by atoms with Crippen LogP contribution >= 0.6 is 0 Å². The first kappa shape index (κ1) is 10.4. The van der Waals surface area contributed by atoms with E-state index in [-0.39, 0.29) is 5.16 Å². The van der Waals surface area contributed by atoms with Crippen molar-refractivity contribution in [1.82, 2.24) is 20.2 Å². The molecule has 1 atom stereocenters. The molecule has 2 aromatic rings. The molecule has 0 saturated carbocycles. The van der Waals surface area contributed by atoms with Gasteiger partial charge in [-0.2, -0.15) is 9.94 Å². The summed E-state index contributed by atoms with van der Waals surface area (Å²) in [5.41, 5.74) is 1.12. The van der Waals surface area contributed by atoms with Crippen molar-refractivity contribution in [3.63, 3.8) is 0 Å². The standard InChI is InChI=1S/C9H7N5OS/c1-16(15)9-11-12-13-14(9)8-4-2-3-7(5-8)6-10/h2-5H,1H3. The van der Waals surface area contributed by atoms with Crippen LogP contribution in [-0.4, -0.2) is 30.7 Å². The minimum atomic E-state index is -1.27. The molecule has 1 aromatic heterocycles. The van der Waals surface area contributed by atoms with Gasteiger partial charge >= 0.3 is 0 Å². The van der Waals surface area contributed by atoms with E-state index in [1.807, 2.05) is 6.07 Å². The minimum absolute atomic E-state index is 0.259. The van der Waals surface area contributed by atoms with Crippen LogP contribution in [0.1, 0.15) is 5.56 Å². The van der Waals surface area contributed by atoms with Crippen LogP contribution in [0, 0.1) is 11.3 Å². The van der Waals surface area contributed by atoms with Crippen molar-refractivity contribution < 1.29 is 4.21 Å². The van der Waals surface area contributed by atoms with E-state index in [9.17, 15) is 4.21 Å². The number of nitrogens with zero attached hydrogens (tertiary/aromatic N) is 5. The molecule has 2 rings (SSSR count). The van der Waals surface area contributed by atoms with Gasteiger partial charge in [-0.1, -0.05) is 11.2 Å². The molecule has 0 aliphatic heterocycles. The summed E-state index contributed by atoms with van der Waals surface area (Å²) >= 11 is 0. The Balaban J connectivity index is 2.55. The van der Waals surface area contributed by atoms with Crippen molar-refractivity contribution >= 4 is 10.8 Å². The molecule has 0 aliphatic rings.